The second-order valence-corrected chi connectivity index (χ2v) is 8.05. The lowest BCUT2D eigenvalue weighted by Crippen LogP contribution is -2.49. The Bertz CT molecular complexity index is 502. The average Bonchev–Trinajstić information content (AvgIpc) is 2.42. The lowest BCUT2D eigenvalue weighted by Gasteiger charge is -2.48. The van der Waals surface area contributed by atoms with Gasteiger partial charge < -0.3 is 9.84 Å². The molecule has 124 valence electrons. The van der Waals surface area contributed by atoms with Gasteiger partial charge >= 0.3 is 0 Å². The van der Waals surface area contributed by atoms with Gasteiger partial charge in [0.05, 0.1) is 0 Å². The number of rotatable bonds is 6. The van der Waals surface area contributed by atoms with Crippen molar-refractivity contribution in [3.05, 3.63) is 23.8 Å². The highest BCUT2D eigenvalue weighted by Crippen LogP contribution is 2.48. The first-order chi connectivity index (χ1) is 10.3. The van der Waals surface area contributed by atoms with Crippen molar-refractivity contribution in [2.75, 3.05) is 0 Å². The molecule has 1 unspecified atom stereocenters. The molecule has 0 fully saturated rings. The molecule has 1 aromatic rings. The molecule has 1 aliphatic heterocycles. The van der Waals surface area contributed by atoms with Crippen molar-refractivity contribution < 1.29 is 9.84 Å². The fourth-order valence-electron chi connectivity index (χ4n) is 4.04. The first kappa shape index (κ1) is 17.2. The van der Waals surface area contributed by atoms with Crippen LogP contribution in [0.15, 0.2) is 18.2 Å². The SMILES string of the molecule is CCCCCCC(C)(C)C1Cc2cc(O)ccc2OC1(C)C. The van der Waals surface area contributed by atoms with Gasteiger partial charge in [0.2, 0.25) is 0 Å². The topological polar surface area (TPSA) is 29.5 Å². The maximum atomic E-state index is 9.75. The van der Waals surface area contributed by atoms with Gasteiger partial charge in [-0.15, -0.1) is 0 Å². The van der Waals surface area contributed by atoms with Crippen LogP contribution in [0.2, 0.25) is 0 Å². The summed E-state index contributed by atoms with van der Waals surface area (Å²) in [7, 11) is 0. The molecule has 0 saturated heterocycles. The van der Waals surface area contributed by atoms with Crippen LogP contribution in [-0.2, 0) is 6.42 Å². The first-order valence-corrected chi connectivity index (χ1v) is 8.77. The van der Waals surface area contributed by atoms with Gasteiger partial charge in [-0.3, -0.25) is 0 Å². The van der Waals surface area contributed by atoms with Gasteiger partial charge in [0.15, 0.2) is 0 Å². The van der Waals surface area contributed by atoms with Gasteiger partial charge in [0.25, 0.3) is 0 Å². The molecule has 0 amide bonds. The monoisotopic (exact) mass is 304 g/mol. The molecule has 1 atom stereocenters. The third-order valence-electron chi connectivity index (χ3n) is 5.30. The standard InChI is InChI=1S/C20H32O2/c1-6-7-8-9-12-19(2,3)18-14-15-13-16(21)10-11-17(15)22-20(18,4)5/h10-11,13,18,21H,6-9,12,14H2,1-5H3. The predicted molar refractivity (Wildman–Crippen MR) is 92.5 cm³/mol. The van der Waals surface area contributed by atoms with Crippen molar-refractivity contribution in [2.24, 2.45) is 11.3 Å². The second kappa shape index (κ2) is 6.52. The molecule has 1 aromatic carbocycles. The molecule has 2 nitrogen and oxygen atoms in total. The fraction of sp³-hybridized carbons (Fsp3) is 0.700. The van der Waals surface area contributed by atoms with Gasteiger partial charge in [-0.1, -0.05) is 46.5 Å². The van der Waals surface area contributed by atoms with E-state index in [9.17, 15) is 5.11 Å². The molecule has 0 aromatic heterocycles. The minimum atomic E-state index is -0.168. The van der Waals surface area contributed by atoms with Gasteiger partial charge in [0.1, 0.15) is 17.1 Å². The Morgan fingerprint density at radius 2 is 1.95 bits per heavy atom. The highest BCUT2D eigenvalue weighted by molar-refractivity contribution is 5.42. The summed E-state index contributed by atoms with van der Waals surface area (Å²) in [5.41, 5.74) is 1.21. The lowest BCUT2D eigenvalue weighted by atomic mass is 9.64. The highest BCUT2D eigenvalue weighted by atomic mass is 16.5. The summed E-state index contributed by atoms with van der Waals surface area (Å²) < 4.78 is 6.29. The first-order valence-electron chi connectivity index (χ1n) is 8.77. The van der Waals surface area contributed by atoms with Crippen molar-refractivity contribution in [2.45, 2.75) is 78.7 Å². The molecule has 0 spiro atoms. The quantitative estimate of drug-likeness (QED) is 0.681. The number of aromatic hydroxyl groups is 1. The minimum absolute atomic E-state index is 0.168. The van der Waals surface area contributed by atoms with E-state index >= 15 is 0 Å². The Labute approximate surface area is 135 Å². The van der Waals surface area contributed by atoms with Crippen molar-refractivity contribution >= 4 is 0 Å². The summed E-state index contributed by atoms with van der Waals surface area (Å²) in [4.78, 5) is 0. The summed E-state index contributed by atoms with van der Waals surface area (Å²) in [6, 6.07) is 5.48. The van der Waals surface area contributed by atoms with E-state index in [0.29, 0.717) is 11.7 Å². The third-order valence-corrected chi connectivity index (χ3v) is 5.30. The molecule has 2 rings (SSSR count). The Morgan fingerprint density at radius 1 is 1.23 bits per heavy atom. The molecule has 0 radical (unpaired) electrons. The molecule has 0 bridgehead atoms. The zero-order chi connectivity index (χ0) is 16.4. The number of fused-ring (bicyclic) bond motifs is 1. The molecule has 0 saturated carbocycles. The van der Waals surface area contributed by atoms with Gasteiger partial charge in [-0.05, 0) is 55.9 Å². The van der Waals surface area contributed by atoms with Crippen LogP contribution in [0.5, 0.6) is 11.5 Å². The Kier molecular flexibility index (Phi) is 5.09. The largest absolute Gasteiger partial charge is 0.508 e. The second-order valence-electron chi connectivity index (χ2n) is 8.05. The van der Waals surface area contributed by atoms with Crippen molar-refractivity contribution in [1.29, 1.82) is 0 Å². The minimum Gasteiger partial charge on any atom is -0.508 e. The number of phenols is 1. The van der Waals surface area contributed by atoms with Crippen LogP contribution >= 0.6 is 0 Å². The summed E-state index contributed by atoms with van der Waals surface area (Å²) in [6.45, 7) is 11.4. The average molecular weight is 304 g/mol. The predicted octanol–water partition coefficient (Wildman–Crippen LogP) is 5.72. The highest BCUT2D eigenvalue weighted by Gasteiger charge is 2.45. The van der Waals surface area contributed by atoms with E-state index in [1.807, 2.05) is 12.1 Å². The summed E-state index contributed by atoms with van der Waals surface area (Å²) in [6.07, 6.45) is 7.45. The van der Waals surface area contributed by atoms with Crippen LogP contribution in [0, 0.1) is 11.3 Å². The van der Waals surface area contributed by atoms with Crippen LogP contribution in [0.4, 0.5) is 0 Å². The normalized spacial score (nSPS) is 20.3. The van der Waals surface area contributed by atoms with Crippen molar-refractivity contribution in [3.63, 3.8) is 0 Å². The zero-order valence-electron chi connectivity index (χ0n) is 14.9. The lowest BCUT2D eigenvalue weighted by molar-refractivity contribution is -0.0360. The van der Waals surface area contributed by atoms with Gasteiger partial charge in [-0.25, -0.2) is 0 Å². The molecule has 1 aliphatic rings. The van der Waals surface area contributed by atoms with Gasteiger partial charge in [0, 0.05) is 5.92 Å². The van der Waals surface area contributed by atoms with Crippen molar-refractivity contribution in [1.82, 2.24) is 0 Å². The molecular weight excluding hydrogens is 272 g/mol. The Morgan fingerprint density at radius 3 is 2.64 bits per heavy atom. The van der Waals surface area contributed by atoms with Crippen molar-refractivity contribution in [3.8, 4) is 11.5 Å². The summed E-state index contributed by atoms with van der Waals surface area (Å²) >= 11 is 0. The maximum Gasteiger partial charge on any atom is 0.123 e. The third kappa shape index (κ3) is 3.77. The molecule has 0 aliphatic carbocycles. The van der Waals surface area contributed by atoms with Crippen LogP contribution in [0.25, 0.3) is 0 Å². The van der Waals surface area contributed by atoms with Crippen LogP contribution in [-0.4, -0.2) is 10.7 Å². The van der Waals surface area contributed by atoms with Gasteiger partial charge in [-0.2, -0.15) is 0 Å². The number of hydrogen-bond donors (Lipinski definition) is 1. The van der Waals surface area contributed by atoms with E-state index in [2.05, 4.69) is 34.6 Å². The van der Waals surface area contributed by atoms with E-state index in [1.54, 1.807) is 6.07 Å². The van der Waals surface area contributed by atoms with Crippen LogP contribution < -0.4 is 4.74 Å². The van der Waals surface area contributed by atoms with Crippen LogP contribution in [0.3, 0.4) is 0 Å². The Hall–Kier alpha value is -1.18. The molecule has 1 N–H and O–H groups in total. The van der Waals surface area contributed by atoms with Crippen LogP contribution in [0.1, 0.15) is 72.3 Å². The molecular formula is C20H32O2. The maximum absolute atomic E-state index is 9.75. The van der Waals surface area contributed by atoms with E-state index in [-0.39, 0.29) is 11.0 Å². The molecule has 2 heteroatoms. The molecule has 22 heavy (non-hydrogen) atoms. The number of ether oxygens (including phenoxy) is 1. The van der Waals surface area contributed by atoms with E-state index in [0.717, 1.165) is 17.7 Å². The Balaban J connectivity index is 2.15. The molecule has 1 heterocycles. The van der Waals surface area contributed by atoms with E-state index in [1.165, 1.54) is 32.1 Å². The fourth-order valence-corrected chi connectivity index (χ4v) is 4.04. The number of phenolic OH excluding ortho intramolecular Hbond substituents is 1. The van der Waals surface area contributed by atoms with E-state index in [4.69, 9.17) is 4.74 Å². The summed E-state index contributed by atoms with van der Waals surface area (Å²) in [5, 5.41) is 9.75. The zero-order valence-corrected chi connectivity index (χ0v) is 14.9. The number of unbranched alkanes of at least 4 members (excludes halogenated alkanes) is 3. The summed E-state index contributed by atoms with van der Waals surface area (Å²) in [5.74, 6) is 1.72. The van der Waals surface area contributed by atoms with E-state index < -0.39 is 0 Å². The smallest absolute Gasteiger partial charge is 0.123 e. The number of hydrogen-bond acceptors (Lipinski definition) is 2. The number of benzene rings is 1.